The molecule has 0 N–H and O–H groups in total. The largest absolute Gasteiger partial charge is 0.506 e. The van der Waals surface area contributed by atoms with Crippen molar-refractivity contribution in [3.8, 4) is 11.1 Å². The Hall–Kier alpha value is -0.0238. The molecule has 72 valence electrons. The maximum Gasteiger partial charge on any atom is 0.506 e. The first kappa shape index (κ1) is 11.5. The molecule has 0 aliphatic rings. The van der Waals surface area contributed by atoms with E-state index in [2.05, 4.69) is 43.2 Å². The van der Waals surface area contributed by atoms with Gasteiger partial charge in [0.05, 0.1) is 0 Å². The molecule has 15 heavy (non-hydrogen) atoms. The summed E-state index contributed by atoms with van der Waals surface area (Å²) in [6, 6.07) is 16.5. The number of rotatable bonds is 2. The quantitative estimate of drug-likeness (QED) is 0.741. The third-order valence-corrected chi connectivity index (χ3v) is 5.28. The van der Waals surface area contributed by atoms with E-state index in [-0.39, 0.29) is 18.2 Å². The van der Waals surface area contributed by atoms with Crippen molar-refractivity contribution in [2.75, 3.05) is 0 Å². The summed E-state index contributed by atoms with van der Waals surface area (Å²) in [4.78, 5) is 0. The molecule has 0 saturated heterocycles. The van der Waals surface area contributed by atoms with Crippen LogP contribution in [-0.4, -0.2) is 18.2 Å². The van der Waals surface area contributed by atoms with Crippen LogP contribution in [0, 0.1) is 0 Å². The monoisotopic (exact) mass is 290 g/mol. The van der Waals surface area contributed by atoms with Crippen molar-refractivity contribution in [2.24, 2.45) is 0 Å². The summed E-state index contributed by atoms with van der Waals surface area (Å²) in [5.41, 5.74) is 2.28. The molecule has 0 spiro atoms. The van der Waals surface area contributed by atoms with E-state index in [1.165, 1.54) is 9.26 Å². The van der Waals surface area contributed by atoms with Gasteiger partial charge in [-0.1, -0.05) is 60.1 Å². The fraction of sp³-hybridized carbons (Fsp3) is 0. The zero-order valence-corrected chi connectivity index (χ0v) is 11.8. The SMILES string of the molecule is Clc1c[c]([Mg][Br])ccc1-c1ccccc1. The van der Waals surface area contributed by atoms with Gasteiger partial charge in [0.2, 0.25) is 0 Å². The first-order valence-electron chi connectivity index (χ1n) is 4.71. The second-order valence-electron chi connectivity index (χ2n) is 3.31. The van der Waals surface area contributed by atoms with Crippen molar-refractivity contribution in [3.05, 3.63) is 53.6 Å². The smallest absolute Gasteiger partial charge is 0.296 e. The van der Waals surface area contributed by atoms with Gasteiger partial charge in [-0.15, -0.1) is 0 Å². The highest BCUT2D eigenvalue weighted by Crippen LogP contribution is 2.26. The minimum atomic E-state index is -0.298. The molecule has 0 aromatic heterocycles. The lowest BCUT2D eigenvalue weighted by molar-refractivity contribution is 1.63. The van der Waals surface area contributed by atoms with E-state index < -0.39 is 0 Å². The Morgan fingerprint density at radius 2 is 1.73 bits per heavy atom. The molecule has 0 amide bonds. The lowest BCUT2D eigenvalue weighted by Gasteiger charge is -2.05. The second-order valence-corrected chi connectivity index (χ2v) is 6.49. The van der Waals surface area contributed by atoms with Crippen LogP contribution >= 0.6 is 24.5 Å². The minimum absolute atomic E-state index is 0.298. The number of halogens is 2. The van der Waals surface area contributed by atoms with Crippen LogP contribution in [0.25, 0.3) is 11.1 Å². The van der Waals surface area contributed by atoms with Crippen LogP contribution in [0.5, 0.6) is 0 Å². The zero-order valence-electron chi connectivity index (χ0n) is 8.08. The van der Waals surface area contributed by atoms with E-state index in [9.17, 15) is 0 Å². The summed E-state index contributed by atoms with van der Waals surface area (Å²) >= 11 is 9.50. The third-order valence-electron chi connectivity index (χ3n) is 2.27. The molecule has 0 bridgehead atoms. The minimum Gasteiger partial charge on any atom is -0.296 e. The molecule has 3 heteroatoms. The standard InChI is InChI=1S/C12H8Cl.BrH.Mg/c13-12-9-5-4-8-11(12)10-6-2-1-3-7-10;;/h1-4,6-9H;1H;/q;;+1/p-1. The second kappa shape index (κ2) is 5.35. The van der Waals surface area contributed by atoms with Crippen LogP contribution in [0.2, 0.25) is 5.02 Å². The Labute approximate surface area is 110 Å². The number of benzene rings is 2. The zero-order chi connectivity index (χ0) is 10.7. The maximum absolute atomic E-state index is 6.24. The topological polar surface area (TPSA) is 0 Å². The van der Waals surface area contributed by atoms with Gasteiger partial charge in [0, 0.05) is 10.6 Å². The molecule has 0 saturated carbocycles. The fourth-order valence-corrected chi connectivity index (χ4v) is 3.47. The van der Waals surface area contributed by atoms with Gasteiger partial charge in [-0.05, 0) is 5.56 Å². The summed E-state index contributed by atoms with van der Waals surface area (Å²) in [6.45, 7) is 0. The molecule has 0 aliphatic heterocycles. The Bertz CT molecular complexity index is 456. The molecule has 0 unspecified atom stereocenters. The van der Waals surface area contributed by atoms with Gasteiger partial charge in [-0.25, -0.2) is 0 Å². The van der Waals surface area contributed by atoms with Crippen LogP contribution in [0.4, 0.5) is 0 Å². The van der Waals surface area contributed by atoms with Gasteiger partial charge < -0.3 is 0 Å². The van der Waals surface area contributed by atoms with Crippen LogP contribution < -0.4 is 3.69 Å². The van der Waals surface area contributed by atoms with Gasteiger partial charge >= 0.3 is 18.2 Å². The van der Waals surface area contributed by atoms with Crippen molar-refractivity contribution in [3.63, 3.8) is 0 Å². The molecular formula is C12H8BrClMg. The summed E-state index contributed by atoms with van der Waals surface area (Å²) in [6.07, 6.45) is 0. The van der Waals surface area contributed by atoms with E-state index in [4.69, 9.17) is 11.6 Å². The fourth-order valence-electron chi connectivity index (χ4n) is 1.49. The van der Waals surface area contributed by atoms with Crippen molar-refractivity contribution in [1.82, 2.24) is 0 Å². The molecule has 0 radical (unpaired) electrons. The maximum atomic E-state index is 6.24. The van der Waals surface area contributed by atoms with Crippen molar-refractivity contribution < 1.29 is 0 Å². The molecule has 0 fully saturated rings. The van der Waals surface area contributed by atoms with Gasteiger partial charge in [0.1, 0.15) is 0 Å². The normalized spacial score (nSPS) is 9.73. The van der Waals surface area contributed by atoms with Gasteiger partial charge in [-0.3, -0.25) is 12.9 Å². The highest BCUT2D eigenvalue weighted by atomic mass is 79.9. The van der Waals surface area contributed by atoms with Crippen LogP contribution in [0.1, 0.15) is 0 Å². The molecule has 0 nitrogen and oxygen atoms in total. The van der Waals surface area contributed by atoms with Crippen LogP contribution in [-0.2, 0) is 0 Å². The molecular weight excluding hydrogens is 284 g/mol. The highest BCUT2D eigenvalue weighted by molar-refractivity contribution is 9.23. The molecule has 0 atom stereocenters. The number of hydrogen-bond acceptors (Lipinski definition) is 0. The predicted octanol–water partition coefficient (Wildman–Crippen LogP) is 3.65. The van der Waals surface area contributed by atoms with E-state index in [1.807, 2.05) is 18.2 Å². The molecule has 2 aromatic rings. The molecule has 2 rings (SSSR count). The van der Waals surface area contributed by atoms with E-state index in [0.717, 1.165) is 10.6 Å². The summed E-state index contributed by atoms with van der Waals surface area (Å²) in [5.74, 6) is 0. The van der Waals surface area contributed by atoms with E-state index in [1.54, 1.807) is 0 Å². The summed E-state index contributed by atoms with van der Waals surface area (Å²) in [5, 5.41) is 0.839. The lowest BCUT2D eigenvalue weighted by atomic mass is 10.1. The third kappa shape index (κ3) is 2.75. The van der Waals surface area contributed by atoms with Crippen molar-refractivity contribution >= 4 is 46.4 Å². The molecule has 0 aliphatic carbocycles. The Balaban J connectivity index is 2.46. The van der Waals surface area contributed by atoms with Crippen molar-refractivity contribution in [2.45, 2.75) is 0 Å². The first-order chi connectivity index (χ1) is 7.31. The van der Waals surface area contributed by atoms with Crippen molar-refractivity contribution in [1.29, 1.82) is 0 Å². The average Bonchev–Trinajstić information content (AvgIpc) is 2.30. The van der Waals surface area contributed by atoms with Gasteiger partial charge in [0.15, 0.2) is 0 Å². The Morgan fingerprint density at radius 1 is 1.00 bits per heavy atom. The van der Waals surface area contributed by atoms with Gasteiger partial charge in [-0.2, -0.15) is 3.69 Å². The summed E-state index contributed by atoms with van der Waals surface area (Å²) in [7, 11) is 0. The van der Waals surface area contributed by atoms with E-state index in [0.29, 0.717) is 0 Å². The lowest BCUT2D eigenvalue weighted by Crippen LogP contribution is -2.07. The first-order valence-corrected chi connectivity index (χ1v) is 9.69. The predicted molar refractivity (Wildman–Crippen MR) is 71.2 cm³/mol. The summed E-state index contributed by atoms with van der Waals surface area (Å²) < 4.78 is 1.33. The Kier molecular flexibility index (Phi) is 4.09. The van der Waals surface area contributed by atoms with E-state index >= 15 is 0 Å². The average molecular weight is 292 g/mol. The molecule has 0 heterocycles. The number of hydrogen-bond donors (Lipinski definition) is 0. The Morgan fingerprint density at radius 3 is 2.33 bits per heavy atom. The van der Waals surface area contributed by atoms with Crippen LogP contribution in [0.15, 0.2) is 48.5 Å². The van der Waals surface area contributed by atoms with Crippen LogP contribution in [0.3, 0.4) is 0 Å². The highest BCUT2D eigenvalue weighted by Gasteiger charge is 2.04. The molecule has 2 aromatic carbocycles. The van der Waals surface area contributed by atoms with Gasteiger partial charge in [0.25, 0.3) is 0 Å².